The molecule has 0 unspecified atom stereocenters. The second kappa shape index (κ2) is 11.1. The van der Waals surface area contributed by atoms with E-state index >= 15 is 0 Å². The summed E-state index contributed by atoms with van der Waals surface area (Å²) in [7, 11) is -3.53. The summed E-state index contributed by atoms with van der Waals surface area (Å²) in [5.74, 6) is 1.50. The van der Waals surface area contributed by atoms with Crippen LogP contribution in [0.3, 0.4) is 0 Å². The molecule has 0 radical (unpaired) electrons. The number of nitrogens with zero attached hydrogens (tertiary/aromatic N) is 6. The Morgan fingerprint density at radius 3 is 2.21 bits per heavy atom. The van der Waals surface area contributed by atoms with Gasteiger partial charge in [0, 0.05) is 77.7 Å². The van der Waals surface area contributed by atoms with E-state index < -0.39 is 10.0 Å². The molecule has 0 atom stereocenters. The second-order valence-electron chi connectivity index (χ2n) is 8.32. The molecule has 2 aromatic rings. The lowest BCUT2D eigenvalue weighted by Crippen LogP contribution is -2.51. The molecule has 11 heteroatoms. The minimum Gasteiger partial charge on any atom is -0.494 e. The maximum atomic E-state index is 13.0. The Morgan fingerprint density at radius 2 is 1.59 bits per heavy atom. The maximum absolute atomic E-state index is 13.0. The van der Waals surface area contributed by atoms with Crippen molar-refractivity contribution in [1.82, 2.24) is 24.1 Å². The SMILES string of the molecule is CCOc1ccc(S(=O)(=O)N2CCN(CCC(=O)N3CCN(c4ncccn4)CC3)CC2)cc1. The fourth-order valence-corrected chi connectivity index (χ4v) is 5.66. The number of amides is 1. The molecule has 0 bridgehead atoms. The molecule has 1 aromatic heterocycles. The Kier molecular flexibility index (Phi) is 7.96. The minimum absolute atomic E-state index is 0.137. The molecule has 2 aliphatic heterocycles. The van der Waals surface area contributed by atoms with Crippen LogP contribution in [0.2, 0.25) is 0 Å². The first-order valence-corrected chi connectivity index (χ1v) is 13.2. The highest BCUT2D eigenvalue weighted by Gasteiger charge is 2.29. The monoisotopic (exact) mass is 488 g/mol. The summed E-state index contributed by atoms with van der Waals surface area (Å²) in [6.45, 7) is 7.88. The van der Waals surface area contributed by atoms with Gasteiger partial charge in [-0.25, -0.2) is 18.4 Å². The van der Waals surface area contributed by atoms with Crippen molar-refractivity contribution in [2.45, 2.75) is 18.2 Å². The zero-order chi connectivity index (χ0) is 24.0. The lowest BCUT2D eigenvalue weighted by molar-refractivity contribution is -0.131. The molecule has 0 spiro atoms. The molecule has 1 aromatic carbocycles. The lowest BCUT2D eigenvalue weighted by Gasteiger charge is -2.36. The topological polar surface area (TPSA) is 99.2 Å². The van der Waals surface area contributed by atoms with E-state index in [0.717, 1.165) is 13.1 Å². The molecular formula is C23H32N6O4S. The Labute approximate surface area is 201 Å². The van der Waals surface area contributed by atoms with E-state index in [1.54, 1.807) is 42.7 Å². The first-order chi connectivity index (χ1) is 16.5. The van der Waals surface area contributed by atoms with E-state index in [-0.39, 0.29) is 10.8 Å². The Balaban J connectivity index is 1.20. The van der Waals surface area contributed by atoms with Gasteiger partial charge in [-0.1, -0.05) is 0 Å². The van der Waals surface area contributed by atoms with Gasteiger partial charge in [-0.2, -0.15) is 4.31 Å². The van der Waals surface area contributed by atoms with Gasteiger partial charge in [-0.05, 0) is 37.3 Å². The average Bonchev–Trinajstić information content (AvgIpc) is 2.89. The van der Waals surface area contributed by atoms with Gasteiger partial charge < -0.3 is 19.4 Å². The van der Waals surface area contributed by atoms with E-state index in [0.29, 0.717) is 70.5 Å². The van der Waals surface area contributed by atoms with Gasteiger partial charge in [-0.15, -0.1) is 0 Å². The fourth-order valence-electron chi connectivity index (χ4n) is 4.24. The number of carbonyl (C=O) groups is 1. The quantitative estimate of drug-likeness (QED) is 0.541. The van der Waals surface area contributed by atoms with Crippen LogP contribution in [0.4, 0.5) is 5.95 Å². The van der Waals surface area contributed by atoms with E-state index in [1.165, 1.54) is 4.31 Å². The first-order valence-electron chi connectivity index (χ1n) is 11.7. The highest BCUT2D eigenvalue weighted by atomic mass is 32.2. The van der Waals surface area contributed by atoms with E-state index in [4.69, 9.17) is 4.74 Å². The number of aromatic nitrogens is 2. The molecule has 3 heterocycles. The van der Waals surface area contributed by atoms with Crippen molar-refractivity contribution in [2.24, 2.45) is 0 Å². The highest BCUT2D eigenvalue weighted by molar-refractivity contribution is 7.89. The molecule has 4 rings (SSSR count). The number of hydrogen-bond donors (Lipinski definition) is 0. The molecular weight excluding hydrogens is 456 g/mol. The molecule has 2 aliphatic rings. The summed E-state index contributed by atoms with van der Waals surface area (Å²) in [6, 6.07) is 8.35. The predicted molar refractivity (Wildman–Crippen MR) is 128 cm³/mol. The number of rotatable bonds is 8. The van der Waals surface area contributed by atoms with Gasteiger partial charge in [0.05, 0.1) is 11.5 Å². The van der Waals surface area contributed by atoms with Gasteiger partial charge in [0.15, 0.2) is 0 Å². The molecule has 0 N–H and O–H groups in total. The van der Waals surface area contributed by atoms with Crippen molar-refractivity contribution in [3.05, 3.63) is 42.7 Å². The van der Waals surface area contributed by atoms with Gasteiger partial charge in [0.1, 0.15) is 5.75 Å². The van der Waals surface area contributed by atoms with Crippen LogP contribution in [-0.2, 0) is 14.8 Å². The summed E-state index contributed by atoms with van der Waals surface area (Å²) in [6.07, 6.45) is 3.89. The smallest absolute Gasteiger partial charge is 0.243 e. The highest BCUT2D eigenvalue weighted by Crippen LogP contribution is 2.21. The van der Waals surface area contributed by atoms with E-state index in [1.807, 2.05) is 11.8 Å². The first kappa shape index (κ1) is 24.4. The lowest BCUT2D eigenvalue weighted by atomic mass is 10.2. The fraction of sp³-hybridized carbons (Fsp3) is 0.522. The van der Waals surface area contributed by atoms with Gasteiger partial charge in [-0.3, -0.25) is 4.79 Å². The van der Waals surface area contributed by atoms with Crippen LogP contribution in [0.1, 0.15) is 13.3 Å². The summed E-state index contributed by atoms with van der Waals surface area (Å²) in [5, 5.41) is 0. The molecule has 2 fully saturated rings. The zero-order valence-electron chi connectivity index (χ0n) is 19.5. The van der Waals surface area contributed by atoms with Crippen molar-refractivity contribution < 1.29 is 17.9 Å². The Hall–Kier alpha value is -2.76. The number of ether oxygens (including phenoxy) is 1. The molecule has 0 saturated carbocycles. The molecule has 10 nitrogen and oxygen atoms in total. The van der Waals surface area contributed by atoms with Crippen molar-refractivity contribution in [1.29, 1.82) is 0 Å². The predicted octanol–water partition coefficient (Wildman–Crippen LogP) is 0.921. The number of piperazine rings is 2. The maximum Gasteiger partial charge on any atom is 0.243 e. The summed E-state index contributed by atoms with van der Waals surface area (Å²) >= 11 is 0. The standard InChI is InChI=1S/C23H32N6O4S/c1-2-33-20-4-6-21(7-5-20)34(31,32)29-18-12-26(13-19-29)11-8-22(30)27-14-16-28(17-15-27)23-24-9-3-10-25-23/h3-7,9-10H,2,8,11-19H2,1H3. The normalized spacial score (nSPS) is 18.1. The number of sulfonamides is 1. The van der Waals surface area contributed by atoms with Crippen LogP contribution in [0.5, 0.6) is 5.75 Å². The van der Waals surface area contributed by atoms with Crippen LogP contribution >= 0.6 is 0 Å². The zero-order valence-corrected chi connectivity index (χ0v) is 20.4. The van der Waals surface area contributed by atoms with Crippen molar-refractivity contribution in [3.8, 4) is 5.75 Å². The summed E-state index contributed by atoms with van der Waals surface area (Å²) in [5.41, 5.74) is 0. The molecule has 1 amide bonds. The molecule has 184 valence electrons. The number of benzene rings is 1. The van der Waals surface area contributed by atoms with Crippen LogP contribution in [-0.4, -0.2) is 104 Å². The minimum atomic E-state index is -3.53. The van der Waals surface area contributed by atoms with Gasteiger partial charge in [0.25, 0.3) is 0 Å². The van der Waals surface area contributed by atoms with Gasteiger partial charge >= 0.3 is 0 Å². The van der Waals surface area contributed by atoms with E-state index in [2.05, 4.69) is 19.8 Å². The van der Waals surface area contributed by atoms with Crippen molar-refractivity contribution >= 4 is 21.9 Å². The molecule has 34 heavy (non-hydrogen) atoms. The number of anilines is 1. The molecule has 2 saturated heterocycles. The average molecular weight is 489 g/mol. The third-order valence-corrected chi connectivity index (χ3v) is 8.13. The van der Waals surface area contributed by atoms with Crippen molar-refractivity contribution in [2.75, 3.05) is 70.4 Å². The number of hydrogen-bond acceptors (Lipinski definition) is 8. The van der Waals surface area contributed by atoms with Crippen LogP contribution in [0.25, 0.3) is 0 Å². The largest absolute Gasteiger partial charge is 0.494 e. The second-order valence-corrected chi connectivity index (χ2v) is 10.3. The third-order valence-electron chi connectivity index (χ3n) is 6.21. The Morgan fingerprint density at radius 1 is 0.941 bits per heavy atom. The van der Waals surface area contributed by atoms with E-state index in [9.17, 15) is 13.2 Å². The van der Waals surface area contributed by atoms with Crippen LogP contribution < -0.4 is 9.64 Å². The van der Waals surface area contributed by atoms with Crippen molar-refractivity contribution in [3.63, 3.8) is 0 Å². The molecule has 0 aliphatic carbocycles. The summed E-state index contributed by atoms with van der Waals surface area (Å²) in [4.78, 5) is 27.7. The third kappa shape index (κ3) is 5.83. The van der Waals surface area contributed by atoms with Crippen LogP contribution in [0, 0.1) is 0 Å². The Bertz CT molecular complexity index is 1030. The summed E-state index contributed by atoms with van der Waals surface area (Å²) < 4.78 is 32.8. The van der Waals surface area contributed by atoms with Gasteiger partial charge in [0.2, 0.25) is 21.9 Å². The van der Waals surface area contributed by atoms with Crippen LogP contribution in [0.15, 0.2) is 47.6 Å². The number of carbonyl (C=O) groups excluding carboxylic acids is 1.